The molecule has 0 bridgehead atoms. The van der Waals surface area contributed by atoms with E-state index in [1.54, 1.807) is 0 Å². The zero-order chi connectivity index (χ0) is 15.7. The van der Waals surface area contributed by atoms with Crippen LogP contribution in [0.4, 0.5) is 22.5 Å². The minimum absolute atomic E-state index is 0.0321. The number of anilines is 3. The number of aryl methyl sites for hydroxylation is 1. The first kappa shape index (κ1) is 14.1. The van der Waals surface area contributed by atoms with Gasteiger partial charge >= 0.3 is 5.69 Å². The second kappa shape index (κ2) is 5.50. The summed E-state index contributed by atoms with van der Waals surface area (Å²) >= 11 is 1.38. The Hall–Kier alpha value is -2.85. The van der Waals surface area contributed by atoms with Gasteiger partial charge in [0.05, 0.1) is 15.1 Å². The summed E-state index contributed by atoms with van der Waals surface area (Å²) in [6, 6.07) is 5.82. The molecule has 0 saturated heterocycles. The average Bonchev–Trinajstić information content (AvgIpc) is 2.90. The van der Waals surface area contributed by atoms with Gasteiger partial charge in [0, 0.05) is 0 Å². The van der Waals surface area contributed by atoms with Gasteiger partial charge < -0.3 is 10.7 Å². The summed E-state index contributed by atoms with van der Waals surface area (Å²) in [5, 5.41) is 14.6. The fourth-order valence-electron chi connectivity index (χ4n) is 1.99. The number of nitrogen functional groups attached to an aromatic ring is 1. The molecule has 0 aliphatic heterocycles. The molecule has 3 rings (SSSR count). The van der Waals surface area contributed by atoms with E-state index in [-0.39, 0.29) is 17.3 Å². The lowest BCUT2D eigenvalue weighted by Crippen LogP contribution is -2.12. The zero-order valence-electron chi connectivity index (χ0n) is 11.4. The van der Waals surface area contributed by atoms with Crippen LogP contribution in [0.15, 0.2) is 24.5 Å². The van der Waals surface area contributed by atoms with Crippen LogP contribution < -0.4 is 16.6 Å². The Bertz CT molecular complexity index is 864. The lowest BCUT2D eigenvalue weighted by molar-refractivity contribution is -0.383. The number of para-hydroxylation sites is 1. The number of nitro groups is 1. The van der Waals surface area contributed by atoms with E-state index in [4.69, 9.17) is 5.84 Å². The molecule has 0 amide bonds. The minimum Gasteiger partial charge on any atom is -0.310 e. The van der Waals surface area contributed by atoms with Crippen molar-refractivity contribution in [2.45, 2.75) is 6.92 Å². The number of hydrazine groups is 1. The van der Waals surface area contributed by atoms with Crippen LogP contribution in [0.2, 0.25) is 0 Å². The normalized spacial score (nSPS) is 10.6. The molecule has 9 nitrogen and oxygen atoms in total. The van der Waals surface area contributed by atoms with Gasteiger partial charge in [-0.3, -0.25) is 10.1 Å². The maximum absolute atomic E-state index is 11.2. The SMILES string of the molecule is Cc1cccc2sc(Nc3ncnc(NN)c3[N+](=O)[O-])nc12. The molecule has 4 N–H and O–H groups in total. The van der Waals surface area contributed by atoms with Crippen molar-refractivity contribution in [3.63, 3.8) is 0 Å². The molecule has 22 heavy (non-hydrogen) atoms. The largest absolute Gasteiger partial charge is 0.354 e. The molecule has 0 radical (unpaired) electrons. The van der Waals surface area contributed by atoms with E-state index in [0.29, 0.717) is 5.13 Å². The summed E-state index contributed by atoms with van der Waals surface area (Å²) in [6.07, 6.45) is 1.18. The Morgan fingerprint density at radius 3 is 2.77 bits per heavy atom. The van der Waals surface area contributed by atoms with Gasteiger partial charge in [-0.25, -0.2) is 20.8 Å². The van der Waals surface area contributed by atoms with E-state index in [1.807, 2.05) is 25.1 Å². The van der Waals surface area contributed by atoms with Crippen molar-refractivity contribution in [2.75, 3.05) is 10.7 Å². The summed E-state index contributed by atoms with van der Waals surface area (Å²) < 4.78 is 0.983. The monoisotopic (exact) mass is 317 g/mol. The van der Waals surface area contributed by atoms with Gasteiger partial charge in [0.25, 0.3) is 0 Å². The molecular formula is C12H11N7O2S. The van der Waals surface area contributed by atoms with Gasteiger partial charge in [-0.1, -0.05) is 23.5 Å². The van der Waals surface area contributed by atoms with Gasteiger partial charge in [-0.2, -0.15) is 0 Å². The van der Waals surface area contributed by atoms with Crippen LogP contribution in [0.3, 0.4) is 0 Å². The molecule has 0 spiro atoms. The van der Waals surface area contributed by atoms with E-state index >= 15 is 0 Å². The lowest BCUT2D eigenvalue weighted by Gasteiger charge is -2.05. The molecule has 1 aromatic carbocycles. The predicted octanol–water partition coefficient (Wildman–Crippen LogP) is 2.33. The Kier molecular flexibility index (Phi) is 3.53. The van der Waals surface area contributed by atoms with Crippen molar-refractivity contribution >= 4 is 44.0 Å². The van der Waals surface area contributed by atoms with Crippen LogP contribution >= 0.6 is 11.3 Å². The van der Waals surface area contributed by atoms with Crippen LogP contribution in [0.25, 0.3) is 10.2 Å². The Morgan fingerprint density at radius 1 is 1.32 bits per heavy atom. The van der Waals surface area contributed by atoms with E-state index < -0.39 is 4.92 Å². The summed E-state index contributed by atoms with van der Waals surface area (Å²) in [4.78, 5) is 22.7. The summed E-state index contributed by atoms with van der Waals surface area (Å²) in [5.74, 6) is 5.21. The third-order valence-corrected chi connectivity index (χ3v) is 3.92. The molecular weight excluding hydrogens is 306 g/mol. The molecule has 3 aromatic rings. The highest BCUT2D eigenvalue weighted by atomic mass is 32.1. The number of nitrogens with two attached hydrogens (primary N) is 1. The van der Waals surface area contributed by atoms with Crippen molar-refractivity contribution in [1.29, 1.82) is 0 Å². The summed E-state index contributed by atoms with van der Waals surface area (Å²) in [5.41, 5.74) is 3.74. The number of hydrogen-bond acceptors (Lipinski definition) is 9. The number of nitrogens with zero attached hydrogens (tertiary/aromatic N) is 4. The molecule has 0 unspecified atom stereocenters. The summed E-state index contributed by atoms with van der Waals surface area (Å²) in [7, 11) is 0. The Morgan fingerprint density at radius 2 is 2.09 bits per heavy atom. The number of fused-ring (bicyclic) bond motifs is 1. The van der Waals surface area contributed by atoms with Crippen LogP contribution in [0.1, 0.15) is 5.56 Å². The van der Waals surface area contributed by atoms with Crippen LogP contribution in [-0.4, -0.2) is 19.9 Å². The van der Waals surface area contributed by atoms with Gasteiger partial charge in [-0.15, -0.1) is 0 Å². The first-order chi connectivity index (χ1) is 10.6. The van der Waals surface area contributed by atoms with Crippen molar-refractivity contribution in [2.24, 2.45) is 5.84 Å². The van der Waals surface area contributed by atoms with Crippen molar-refractivity contribution < 1.29 is 4.92 Å². The number of rotatable bonds is 4. The molecule has 2 aromatic heterocycles. The topological polar surface area (TPSA) is 132 Å². The average molecular weight is 317 g/mol. The van der Waals surface area contributed by atoms with Crippen molar-refractivity contribution in [1.82, 2.24) is 15.0 Å². The molecule has 10 heteroatoms. The van der Waals surface area contributed by atoms with Gasteiger partial charge in [0.2, 0.25) is 11.6 Å². The van der Waals surface area contributed by atoms with Gasteiger partial charge in [0.15, 0.2) is 5.13 Å². The Labute approximate surface area is 128 Å². The first-order valence-electron chi connectivity index (χ1n) is 6.19. The number of nitrogens with one attached hydrogen (secondary N) is 2. The maximum atomic E-state index is 11.2. The number of benzene rings is 1. The van der Waals surface area contributed by atoms with Gasteiger partial charge in [0.1, 0.15) is 6.33 Å². The highest BCUT2D eigenvalue weighted by Crippen LogP contribution is 2.34. The molecule has 0 atom stereocenters. The molecule has 112 valence electrons. The number of hydrogen-bond donors (Lipinski definition) is 3. The van der Waals surface area contributed by atoms with Crippen molar-refractivity contribution in [3.8, 4) is 0 Å². The second-order valence-corrected chi connectivity index (χ2v) is 5.42. The third kappa shape index (κ3) is 2.40. The van der Waals surface area contributed by atoms with Crippen LogP contribution in [0.5, 0.6) is 0 Å². The van der Waals surface area contributed by atoms with Crippen LogP contribution in [-0.2, 0) is 0 Å². The highest BCUT2D eigenvalue weighted by Gasteiger charge is 2.23. The molecule has 0 aliphatic rings. The zero-order valence-corrected chi connectivity index (χ0v) is 12.2. The highest BCUT2D eigenvalue weighted by molar-refractivity contribution is 7.22. The molecule has 0 aliphatic carbocycles. The first-order valence-corrected chi connectivity index (χ1v) is 7.01. The quantitative estimate of drug-likeness (QED) is 0.379. The second-order valence-electron chi connectivity index (χ2n) is 4.39. The third-order valence-electron chi connectivity index (χ3n) is 2.99. The van der Waals surface area contributed by atoms with Crippen LogP contribution in [0, 0.1) is 17.0 Å². The molecule has 0 saturated carbocycles. The standard InChI is InChI=1S/C12H11N7O2S/c1-6-3-2-4-7-8(6)16-12(22-7)17-10-9(19(20)21)11(18-13)15-5-14-10/h2-5H,13H2,1H3,(H2,14,15,16,17,18). The minimum atomic E-state index is -0.601. The predicted molar refractivity (Wildman–Crippen MR) is 84.1 cm³/mol. The van der Waals surface area contributed by atoms with Crippen molar-refractivity contribution in [3.05, 3.63) is 40.2 Å². The fraction of sp³-hybridized carbons (Fsp3) is 0.0833. The molecule has 0 fully saturated rings. The maximum Gasteiger partial charge on any atom is 0.354 e. The fourth-order valence-corrected chi connectivity index (χ4v) is 2.93. The van der Waals surface area contributed by atoms with E-state index in [1.165, 1.54) is 17.7 Å². The smallest absolute Gasteiger partial charge is 0.310 e. The van der Waals surface area contributed by atoms with E-state index in [2.05, 4.69) is 25.7 Å². The Balaban J connectivity index is 2.05. The summed E-state index contributed by atoms with van der Waals surface area (Å²) in [6.45, 7) is 1.95. The van der Waals surface area contributed by atoms with E-state index in [9.17, 15) is 10.1 Å². The molecule has 2 heterocycles. The lowest BCUT2D eigenvalue weighted by atomic mass is 10.2. The van der Waals surface area contributed by atoms with Gasteiger partial charge in [-0.05, 0) is 18.6 Å². The van der Waals surface area contributed by atoms with E-state index in [0.717, 1.165) is 15.8 Å². The number of thiazole rings is 1. The number of aromatic nitrogens is 3.